The molecule has 4 rings (SSSR count). The second-order valence-electron chi connectivity index (χ2n) is 7.15. The van der Waals surface area contributed by atoms with Crippen LogP contribution in [0.2, 0.25) is 0 Å². The molecule has 1 saturated carbocycles. The standard InChI is InChI=1S/C21H22FN3O/c1-13-5-6-18(22)17-12-19(25-20(13)17)21(26)24-16-4-2-3-15(11-16)14-7-9-23-10-8-14/h5-10,12,15-16,25H,2-4,11H2,1H3,(H,24,26)/t15-,16-/m0/s1. The Morgan fingerprint density at radius 2 is 2.04 bits per heavy atom. The van der Waals surface area contributed by atoms with E-state index in [9.17, 15) is 9.18 Å². The average Bonchev–Trinajstić information content (AvgIpc) is 3.13. The number of nitrogens with one attached hydrogen (secondary N) is 2. The van der Waals surface area contributed by atoms with Crippen molar-refractivity contribution in [2.24, 2.45) is 0 Å². The van der Waals surface area contributed by atoms with Gasteiger partial charge in [0, 0.05) is 23.8 Å². The molecule has 134 valence electrons. The van der Waals surface area contributed by atoms with E-state index >= 15 is 0 Å². The topological polar surface area (TPSA) is 57.8 Å². The van der Waals surface area contributed by atoms with E-state index in [-0.39, 0.29) is 17.8 Å². The summed E-state index contributed by atoms with van der Waals surface area (Å²) in [7, 11) is 0. The predicted octanol–water partition coefficient (Wildman–Crippen LogP) is 4.47. The molecule has 1 aliphatic carbocycles. The minimum absolute atomic E-state index is 0.131. The SMILES string of the molecule is Cc1ccc(F)c2cc(C(=O)N[C@H]3CCC[C@H](c4ccncc4)C3)[nH]c12. The van der Waals surface area contributed by atoms with Crippen LogP contribution in [0.4, 0.5) is 4.39 Å². The van der Waals surface area contributed by atoms with E-state index in [1.54, 1.807) is 12.1 Å². The average molecular weight is 351 g/mol. The summed E-state index contributed by atoms with van der Waals surface area (Å²) >= 11 is 0. The molecule has 5 heteroatoms. The minimum Gasteiger partial charge on any atom is -0.350 e. The number of hydrogen-bond acceptors (Lipinski definition) is 2. The number of nitrogens with zero attached hydrogens (tertiary/aromatic N) is 1. The van der Waals surface area contributed by atoms with Crippen LogP contribution in [0.25, 0.3) is 10.9 Å². The number of pyridine rings is 1. The number of amides is 1. The number of H-pyrrole nitrogens is 1. The van der Waals surface area contributed by atoms with E-state index in [2.05, 4.69) is 27.4 Å². The van der Waals surface area contributed by atoms with Gasteiger partial charge in [0.05, 0.1) is 5.52 Å². The maximum absolute atomic E-state index is 14.0. The zero-order chi connectivity index (χ0) is 18.1. The lowest BCUT2D eigenvalue weighted by Crippen LogP contribution is -2.38. The Kier molecular flexibility index (Phi) is 4.45. The molecule has 2 heterocycles. The lowest BCUT2D eigenvalue weighted by molar-refractivity contribution is 0.0921. The largest absolute Gasteiger partial charge is 0.350 e. The summed E-state index contributed by atoms with van der Waals surface area (Å²) in [5.74, 6) is -0.0313. The highest BCUT2D eigenvalue weighted by atomic mass is 19.1. The van der Waals surface area contributed by atoms with Crippen LogP contribution < -0.4 is 5.32 Å². The van der Waals surface area contributed by atoms with Crippen LogP contribution in [-0.4, -0.2) is 21.9 Å². The second-order valence-corrected chi connectivity index (χ2v) is 7.15. The molecule has 3 aromatic rings. The maximum Gasteiger partial charge on any atom is 0.267 e. The van der Waals surface area contributed by atoms with Crippen molar-refractivity contribution in [1.82, 2.24) is 15.3 Å². The normalized spacial score (nSPS) is 20.2. The molecule has 2 atom stereocenters. The first-order chi connectivity index (χ1) is 12.6. The molecule has 0 radical (unpaired) electrons. The van der Waals surface area contributed by atoms with E-state index < -0.39 is 0 Å². The van der Waals surface area contributed by atoms with E-state index in [0.29, 0.717) is 22.5 Å². The number of carbonyl (C=O) groups is 1. The third-order valence-electron chi connectivity index (χ3n) is 5.38. The van der Waals surface area contributed by atoms with Gasteiger partial charge in [-0.05, 0) is 67.5 Å². The Hall–Kier alpha value is -2.69. The van der Waals surface area contributed by atoms with Crippen LogP contribution in [0, 0.1) is 12.7 Å². The highest BCUT2D eigenvalue weighted by Gasteiger charge is 2.25. The van der Waals surface area contributed by atoms with E-state index in [1.807, 2.05) is 19.3 Å². The van der Waals surface area contributed by atoms with Gasteiger partial charge >= 0.3 is 0 Å². The van der Waals surface area contributed by atoms with E-state index in [4.69, 9.17) is 0 Å². The molecular weight excluding hydrogens is 329 g/mol. The number of carbonyl (C=O) groups excluding carboxylic acids is 1. The highest BCUT2D eigenvalue weighted by molar-refractivity contribution is 5.99. The fourth-order valence-electron chi connectivity index (χ4n) is 3.97. The first-order valence-corrected chi connectivity index (χ1v) is 9.10. The molecule has 1 aliphatic rings. The molecule has 2 N–H and O–H groups in total. The molecule has 1 amide bonds. The summed E-state index contributed by atoms with van der Waals surface area (Å²) < 4.78 is 14.0. The Morgan fingerprint density at radius 1 is 1.23 bits per heavy atom. The maximum atomic E-state index is 14.0. The van der Waals surface area contributed by atoms with Gasteiger partial charge in [-0.1, -0.05) is 12.5 Å². The molecule has 0 bridgehead atoms. The first kappa shape index (κ1) is 16.8. The van der Waals surface area contributed by atoms with Gasteiger partial charge in [-0.3, -0.25) is 9.78 Å². The van der Waals surface area contributed by atoms with Crippen molar-refractivity contribution in [3.8, 4) is 0 Å². The van der Waals surface area contributed by atoms with Crippen molar-refractivity contribution in [2.45, 2.75) is 44.6 Å². The monoisotopic (exact) mass is 351 g/mol. The summed E-state index contributed by atoms with van der Waals surface area (Å²) in [5, 5.41) is 3.59. The lowest BCUT2D eigenvalue weighted by atomic mass is 9.81. The Labute approximate surface area is 151 Å². The molecular formula is C21H22FN3O. The van der Waals surface area contributed by atoms with Gasteiger partial charge in [0.2, 0.25) is 0 Å². The van der Waals surface area contributed by atoms with E-state index in [0.717, 1.165) is 31.2 Å². The van der Waals surface area contributed by atoms with Crippen LogP contribution in [0.5, 0.6) is 0 Å². The number of hydrogen-bond donors (Lipinski definition) is 2. The third-order valence-corrected chi connectivity index (χ3v) is 5.38. The Bertz CT molecular complexity index is 896. The van der Waals surface area contributed by atoms with Crippen LogP contribution in [0.1, 0.15) is 53.2 Å². The molecule has 2 aromatic heterocycles. The molecule has 0 saturated heterocycles. The molecule has 1 aromatic carbocycles. The molecule has 26 heavy (non-hydrogen) atoms. The quantitative estimate of drug-likeness (QED) is 0.732. The number of halogens is 1. The van der Waals surface area contributed by atoms with Gasteiger partial charge in [0.15, 0.2) is 0 Å². The zero-order valence-electron chi connectivity index (χ0n) is 14.8. The van der Waals surface area contributed by atoms with Crippen molar-refractivity contribution < 1.29 is 9.18 Å². The number of fused-ring (bicyclic) bond motifs is 1. The second kappa shape index (κ2) is 6.90. The van der Waals surface area contributed by atoms with Gasteiger partial charge < -0.3 is 10.3 Å². The van der Waals surface area contributed by atoms with Gasteiger partial charge in [-0.2, -0.15) is 0 Å². The van der Waals surface area contributed by atoms with Gasteiger partial charge in [0.25, 0.3) is 5.91 Å². The van der Waals surface area contributed by atoms with Crippen molar-refractivity contribution >= 4 is 16.8 Å². The van der Waals surface area contributed by atoms with Gasteiger partial charge in [-0.15, -0.1) is 0 Å². The minimum atomic E-state index is -0.309. The number of benzene rings is 1. The summed E-state index contributed by atoms with van der Waals surface area (Å²) in [4.78, 5) is 19.8. The van der Waals surface area contributed by atoms with Crippen molar-refractivity contribution in [3.05, 3.63) is 65.4 Å². The van der Waals surface area contributed by atoms with Gasteiger partial charge in [0.1, 0.15) is 11.5 Å². The summed E-state index contributed by atoms with van der Waals surface area (Å²) in [5.41, 5.74) is 3.31. The smallest absolute Gasteiger partial charge is 0.267 e. The Morgan fingerprint density at radius 3 is 2.81 bits per heavy atom. The van der Waals surface area contributed by atoms with Crippen LogP contribution in [0.15, 0.2) is 42.7 Å². The zero-order valence-corrected chi connectivity index (χ0v) is 14.8. The summed E-state index contributed by atoms with van der Waals surface area (Å²) in [6.45, 7) is 1.90. The molecule has 0 aliphatic heterocycles. The lowest BCUT2D eigenvalue weighted by Gasteiger charge is -2.29. The highest BCUT2D eigenvalue weighted by Crippen LogP contribution is 2.32. The van der Waals surface area contributed by atoms with Crippen LogP contribution in [-0.2, 0) is 0 Å². The van der Waals surface area contributed by atoms with Crippen molar-refractivity contribution in [2.75, 3.05) is 0 Å². The number of aryl methyl sites for hydroxylation is 1. The van der Waals surface area contributed by atoms with Crippen LogP contribution >= 0.6 is 0 Å². The molecule has 0 unspecified atom stereocenters. The third kappa shape index (κ3) is 3.21. The number of rotatable bonds is 3. The first-order valence-electron chi connectivity index (χ1n) is 9.10. The molecule has 4 nitrogen and oxygen atoms in total. The fraction of sp³-hybridized carbons (Fsp3) is 0.333. The summed E-state index contributed by atoms with van der Waals surface area (Å²) in [6.07, 6.45) is 7.74. The van der Waals surface area contributed by atoms with Crippen molar-refractivity contribution in [1.29, 1.82) is 0 Å². The predicted molar refractivity (Wildman–Crippen MR) is 99.7 cm³/mol. The van der Waals surface area contributed by atoms with E-state index in [1.165, 1.54) is 11.6 Å². The van der Waals surface area contributed by atoms with Gasteiger partial charge in [-0.25, -0.2) is 4.39 Å². The Balaban J connectivity index is 1.49. The van der Waals surface area contributed by atoms with Crippen LogP contribution in [0.3, 0.4) is 0 Å². The fourth-order valence-corrected chi connectivity index (χ4v) is 3.97. The molecule has 1 fully saturated rings. The number of aromatic amines is 1. The molecule has 0 spiro atoms. The van der Waals surface area contributed by atoms with Crippen molar-refractivity contribution in [3.63, 3.8) is 0 Å². The number of aromatic nitrogens is 2. The summed E-state index contributed by atoms with van der Waals surface area (Å²) in [6, 6.07) is 9.00.